The first-order valence-corrected chi connectivity index (χ1v) is 6.02. The topological polar surface area (TPSA) is 26.3 Å². The Bertz CT molecular complexity index is 564. The Morgan fingerprint density at radius 1 is 1.11 bits per heavy atom. The average molecular weight is 261 g/mol. The van der Waals surface area contributed by atoms with E-state index in [-0.39, 0.29) is 12.4 Å². The second-order valence-corrected chi connectivity index (χ2v) is 4.36. The molecule has 0 N–H and O–H groups in total. The van der Waals surface area contributed by atoms with Gasteiger partial charge in [-0.1, -0.05) is 41.9 Å². The van der Waals surface area contributed by atoms with E-state index in [1.807, 2.05) is 31.2 Å². The molecule has 2 aromatic rings. The first kappa shape index (κ1) is 12.7. The van der Waals surface area contributed by atoms with E-state index in [9.17, 15) is 4.79 Å². The monoisotopic (exact) mass is 260 g/mol. The van der Waals surface area contributed by atoms with Crippen molar-refractivity contribution in [2.24, 2.45) is 0 Å². The number of ether oxygens (including phenoxy) is 1. The van der Waals surface area contributed by atoms with Gasteiger partial charge in [-0.05, 0) is 30.7 Å². The van der Waals surface area contributed by atoms with Gasteiger partial charge in [0.15, 0.2) is 6.61 Å². The molecule has 3 heteroatoms. The van der Waals surface area contributed by atoms with Gasteiger partial charge in [0.05, 0.1) is 5.02 Å². The van der Waals surface area contributed by atoms with E-state index in [4.69, 9.17) is 16.3 Å². The summed E-state index contributed by atoms with van der Waals surface area (Å²) in [4.78, 5) is 11.9. The molecule has 0 saturated carbocycles. The SMILES string of the molecule is Cc1ccccc1OCC(=O)c1ccccc1Cl. The number of para-hydroxylation sites is 1. The molecule has 0 heterocycles. The van der Waals surface area contributed by atoms with Gasteiger partial charge in [0.2, 0.25) is 5.78 Å². The van der Waals surface area contributed by atoms with Crippen LogP contribution < -0.4 is 4.74 Å². The number of Topliss-reactive ketones (excluding diaryl/α,β-unsaturated/α-hetero) is 1. The maximum Gasteiger partial charge on any atom is 0.201 e. The van der Waals surface area contributed by atoms with E-state index in [0.717, 1.165) is 11.3 Å². The van der Waals surface area contributed by atoms with Gasteiger partial charge in [-0.25, -0.2) is 0 Å². The van der Waals surface area contributed by atoms with Crippen molar-refractivity contribution in [3.8, 4) is 5.75 Å². The Labute approximate surface area is 111 Å². The average Bonchev–Trinajstić information content (AvgIpc) is 2.38. The third kappa shape index (κ3) is 2.90. The van der Waals surface area contributed by atoms with Crippen molar-refractivity contribution < 1.29 is 9.53 Å². The molecule has 0 saturated heterocycles. The zero-order valence-electron chi connectivity index (χ0n) is 10.0. The molecule has 0 amide bonds. The van der Waals surface area contributed by atoms with Crippen molar-refractivity contribution in [1.29, 1.82) is 0 Å². The summed E-state index contributed by atoms with van der Waals surface area (Å²) in [6, 6.07) is 14.6. The molecule has 0 radical (unpaired) electrons. The van der Waals surface area contributed by atoms with E-state index in [1.54, 1.807) is 24.3 Å². The lowest BCUT2D eigenvalue weighted by molar-refractivity contribution is 0.0921. The van der Waals surface area contributed by atoms with Crippen molar-refractivity contribution in [2.75, 3.05) is 6.61 Å². The minimum Gasteiger partial charge on any atom is -0.485 e. The molecule has 2 nitrogen and oxygen atoms in total. The smallest absolute Gasteiger partial charge is 0.201 e. The summed E-state index contributed by atoms with van der Waals surface area (Å²) in [5.74, 6) is 0.599. The number of benzene rings is 2. The predicted molar refractivity (Wildman–Crippen MR) is 72.5 cm³/mol. The highest BCUT2D eigenvalue weighted by Crippen LogP contribution is 2.18. The van der Waals surface area contributed by atoms with Gasteiger partial charge in [-0.15, -0.1) is 0 Å². The van der Waals surface area contributed by atoms with Crippen LogP contribution in [0.4, 0.5) is 0 Å². The lowest BCUT2D eigenvalue weighted by Crippen LogP contribution is -2.12. The van der Waals surface area contributed by atoms with Gasteiger partial charge in [0.25, 0.3) is 0 Å². The standard InChI is InChI=1S/C15H13ClO2/c1-11-6-2-5-9-15(11)18-10-14(17)12-7-3-4-8-13(12)16/h2-9H,10H2,1H3. The highest BCUT2D eigenvalue weighted by atomic mass is 35.5. The minimum atomic E-state index is -0.121. The number of rotatable bonds is 4. The molecule has 0 aliphatic carbocycles. The van der Waals surface area contributed by atoms with Crippen LogP contribution >= 0.6 is 11.6 Å². The maximum atomic E-state index is 11.9. The van der Waals surface area contributed by atoms with Crippen molar-refractivity contribution in [1.82, 2.24) is 0 Å². The van der Waals surface area contributed by atoms with E-state index in [2.05, 4.69) is 0 Å². The fourth-order valence-corrected chi connectivity index (χ4v) is 1.87. The Morgan fingerprint density at radius 2 is 1.78 bits per heavy atom. The summed E-state index contributed by atoms with van der Waals surface area (Å²) < 4.78 is 5.50. The van der Waals surface area contributed by atoms with Gasteiger partial charge in [0, 0.05) is 5.56 Å². The quantitative estimate of drug-likeness (QED) is 0.779. The first-order valence-electron chi connectivity index (χ1n) is 5.64. The van der Waals surface area contributed by atoms with E-state index < -0.39 is 0 Å². The Kier molecular flexibility index (Phi) is 4.00. The van der Waals surface area contributed by atoms with Crippen LogP contribution in [-0.4, -0.2) is 12.4 Å². The number of ketones is 1. The highest BCUT2D eigenvalue weighted by Gasteiger charge is 2.10. The van der Waals surface area contributed by atoms with Crippen LogP contribution in [0.2, 0.25) is 5.02 Å². The van der Waals surface area contributed by atoms with E-state index in [0.29, 0.717) is 10.6 Å². The second kappa shape index (κ2) is 5.69. The van der Waals surface area contributed by atoms with Gasteiger partial charge < -0.3 is 4.74 Å². The molecular formula is C15H13ClO2. The molecule has 0 atom stereocenters. The van der Waals surface area contributed by atoms with Crippen LogP contribution in [0.25, 0.3) is 0 Å². The van der Waals surface area contributed by atoms with Crippen LogP contribution in [0.1, 0.15) is 15.9 Å². The maximum absolute atomic E-state index is 11.9. The van der Waals surface area contributed by atoms with Crippen LogP contribution in [-0.2, 0) is 0 Å². The normalized spacial score (nSPS) is 10.1. The lowest BCUT2D eigenvalue weighted by atomic mass is 10.1. The van der Waals surface area contributed by atoms with Crippen molar-refractivity contribution in [3.63, 3.8) is 0 Å². The third-order valence-corrected chi connectivity index (χ3v) is 2.96. The van der Waals surface area contributed by atoms with Crippen LogP contribution in [0.3, 0.4) is 0 Å². The molecule has 92 valence electrons. The van der Waals surface area contributed by atoms with Gasteiger partial charge in [-0.3, -0.25) is 4.79 Å². The number of halogens is 1. The number of carbonyl (C=O) groups is 1. The Morgan fingerprint density at radius 3 is 2.50 bits per heavy atom. The fourth-order valence-electron chi connectivity index (χ4n) is 1.63. The summed E-state index contributed by atoms with van der Waals surface area (Å²) in [5.41, 5.74) is 1.50. The summed E-state index contributed by atoms with van der Waals surface area (Å²) in [5, 5.41) is 0.455. The molecular weight excluding hydrogens is 248 g/mol. The molecule has 2 rings (SSSR count). The van der Waals surface area contributed by atoms with Gasteiger partial charge in [-0.2, -0.15) is 0 Å². The largest absolute Gasteiger partial charge is 0.485 e. The fraction of sp³-hybridized carbons (Fsp3) is 0.133. The summed E-state index contributed by atoms with van der Waals surface area (Å²) >= 11 is 5.96. The first-order chi connectivity index (χ1) is 8.68. The minimum absolute atomic E-state index is 0.00537. The second-order valence-electron chi connectivity index (χ2n) is 3.96. The molecule has 0 unspecified atom stereocenters. The van der Waals surface area contributed by atoms with Crippen molar-refractivity contribution >= 4 is 17.4 Å². The summed E-state index contributed by atoms with van der Waals surface area (Å²) in [6.45, 7) is 1.93. The van der Waals surface area contributed by atoms with E-state index in [1.165, 1.54) is 0 Å². The van der Waals surface area contributed by atoms with Gasteiger partial charge >= 0.3 is 0 Å². The number of hydrogen-bond acceptors (Lipinski definition) is 2. The molecule has 2 aromatic carbocycles. The molecule has 0 fully saturated rings. The Hall–Kier alpha value is -1.80. The molecule has 0 bridgehead atoms. The molecule has 0 spiro atoms. The number of hydrogen-bond donors (Lipinski definition) is 0. The van der Waals surface area contributed by atoms with Crippen molar-refractivity contribution in [2.45, 2.75) is 6.92 Å². The molecule has 0 aliphatic rings. The lowest BCUT2D eigenvalue weighted by Gasteiger charge is -2.08. The van der Waals surface area contributed by atoms with Crippen LogP contribution in [0, 0.1) is 6.92 Å². The Balaban J connectivity index is 2.06. The number of carbonyl (C=O) groups excluding carboxylic acids is 1. The number of aryl methyl sites for hydroxylation is 1. The van der Waals surface area contributed by atoms with Gasteiger partial charge in [0.1, 0.15) is 5.75 Å². The van der Waals surface area contributed by atoms with Crippen LogP contribution in [0.15, 0.2) is 48.5 Å². The molecule has 0 aliphatic heterocycles. The summed E-state index contributed by atoms with van der Waals surface area (Å²) in [6.07, 6.45) is 0. The zero-order valence-corrected chi connectivity index (χ0v) is 10.8. The highest BCUT2D eigenvalue weighted by molar-refractivity contribution is 6.34. The van der Waals surface area contributed by atoms with E-state index >= 15 is 0 Å². The zero-order chi connectivity index (χ0) is 13.0. The summed E-state index contributed by atoms with van der Waals surface area (Å²) in [7, 11) is 0. The van der Waals surface area contributed by atoms with Crippen molar-refractivity contribution in [3.05, 3.63) is 64.7 Å². The molecule has 18 heavy (non-hydrogen) atoms. The predicted octanol–water partition coefficient (Wildman–Crippen LogP) is 3.91. The molecule has 0 aromatic heterocycles. The van der Waals surface area contributed by atoms with Crippen LogP contribution in [0.5, 0.6) is 5.75 Å². The third-order valence-electron chi connectivity index (χ3n) is 2.63.